The summed E-state index contributed by atoms with van der Waals surface area (Å²) in [7, 11) is 0. The van der Waals surface area contributed by atoms with Crippen LogP contribution in [0.25, 0.3) is 0 Å². The molecule has 132 valence electrons. The molecule has 2 fully saturated rings. The molecule has 1 saturated carbocycles. The molecule has 1 aromatic rings. The number of hydrogen-bond donors (Lipinski definition) is 0. The van der Waals surface area contributed by atoms with E-state index in [0.717, 1.165) is 58.6 Å². The van der Waals surface area contributed by atoms with Gasteiger partial charge in [-0.2, -0.15) is 0 Å². The fourth-order valence-electron chi connectivity index (χ4n) is 3.81. The molecule has 0 aromatic heterocycles. The fourth-order valence-corrected chi connectivity index (χ4v) is 3.81. The van der Waals surface area contributed by atoms with Crippen molar-refractivity contribution in [1.29, 1.82) is 0 Å². The molecular weight excluding hydrogens is 300 g/mol. The molecule has 0 bridgehead atoms. The summed E-state index contributed by atoms with van der Waals surface area (Å²) >= 11 is 0. The second-order valence-electron chi connectivity index (χ2n) is 7.11. The maximum absolute atomic E-state index is 12.6. The van der Waals surface area contributed by atoms with Crippen molar-refractivity contribution in [3.8, 4) is 0 Å². The summed E-state index contributed by atoms with van der Waals surface area (Å²) in [6, 6.07) is 10.6. The van der Waals surface area contributed by atoms with Gasteiger partial charge >= 0.3 is 0 Å². The predicted molar refractivity (Wildman–Crippen MR) is 95.7 cm³/mol. The predicted octanol–water partition coefficient (Wildman–Crippen LogP) is 2.93. The van der Waals surface area contributed by atoms with Crippen LogP contribution in [-0.2, 0) is 16.1 Å². The van der Waals surface area contributed by atoms with E-state index in [0.29, 0.717) is 24.3 Å². The van der Waals surface area contributed by atoms with Crippen LogP contribution in [0, 0.1) is 5.92 Å². The summed E-state index contributed by atoms with van der Waals surface area (Å²) < 4.78 is 5.59. The first-order valence-electron chi connectivity index (χ1n) is 9.40. The van der Waals surface area contributed by atoms with E-state index in [9.17, 15) is 4.79 Å². The van der Waals surface area contributed by atoms with Gasteiger partial charge in [-0.25, -0.2) is 0 Å². The standard InChI is InChI=1S/C20H30N2O2/c1-2-24-19-13-18(14-19)15-20(23)22-10-6-9-21(11-12-22)16-17-7-4-3-5-8-17/h3-5,7-8,18-19H,2,6,9-16H2,1H3. The van der Waals surface area contributed by atoms with Crippen LogP contribution >= 0.6 is 0 Å². The molecular formula is C20H30N2O2. The average molecular weight is 330 g/mol. The van der Waals surface area contributed by atoms with Crippen molar-refractivity contribution >= 4 is 5.91 Å². The fraction of sp³-hybridized carbons (Fsp3) is 0.650. The summed E-state index contributed by atoms with van der Waals surface area (Å²) in [6.45, 7) is 7.65. The number of benzene rings is 1. The van der Waals surface area contributed by atoms with Gasteiger partial charge in [0.05, 0.1) is 6.10 Å². The van der Waals surface area contributed by atoms with E-state index in [4.69, 9.17) is 4.74 Å². The van der Waals surface area contributed by atoms with E-state index in [-0.39, 0.29) is 0 Å². The molecule has 2 aliphatic rings. The summed E-state index contributed by atoms with van der Waals surface area (Å²) in [5, 5.41) is 0. The first kappa shape index (κ1) is 17.4. The minimum atomic E-state index is 0.344. The number of ether oxygens (including phenoxy) is 1. The van der Waals surface area contributed by atoms with Crippen LogP contribution in [0.2, 0.25) is 0 Å². The van der Waals surface area contributed by atoms with Crippen LogP contribution in [0.15, 0.2) is 30.3 Å². The normalized spacial score (nSPS) is 25.1. The lowest BCUT2D eigenvalue weighted by Crippen LogP contribution is -2.39. The largest absolute Gasteiger partial charge is 0.378 e. The zero-order chi connectivity index (χ0) is 16.8. The van der Waals surface area contributed by atoms with Crippen LogP contribution in [0.4, 0.5) is 0 Å². The van der Waals surface area contributed by atoms with Crippen molar-refractivity contribution in [2.24, 2.45) is 5.92 Å². The van der Waals surface area contributed by atoms with Gasteiger partial charge in [-0.3, -0.25) is 9.69 Å². The number of amides is 1. The lowest BCUT2D eigenvalue weighted by Gasteiger charge is -2.35. The average Bonchev–Trinajstić information content (AvgIpc) is 2.79. The van der Waals surface area contributed by atoms with Crippen molar-refractivity contribution in [3.05, 3.63) is 35.9 Å². The van der Waals surface area contributed by atoms with Crippen LogP contribution in [0.1, 0.15) is 38.2 Å². The number of carbonyl (C=O) groups excluding carboxylic acids is 1. The van der Waals surface area contributed by atoms with E-state index in [2.05, 4.69) is 40.1 Å². The summed E-state index contributed by atoms with van der Waals surface area (Å²) in [5.74, 6) is 0.884. The molecule has 24 heavy (non-hydrogen) atoms. The molecule has 4 heteroatoms. The number of hydrogen-bond acceptors (Lipinski definition) is 3. The van der Waals surface area contributed by atoms with Gasteiger partial charge < -0.3 is 9.64 Å². The van der Waals surface area contributed by atoms with E-state index in [1.807, 2.05) is 6.92 Å². The van der Waals surface area contributed by atoms with Crippen molar-refractivity contribution in [1.82, 2.24) is 9.80 Å². The van der Waals surface area contributed by atoms with Crippen molar-refractivity contribution < 1.29 is 9.53 Å². The van der Waals surface area contributed by atoms with Gasteiger partial charge in [0.25, 0.3) is 0 Å². The van der Waals surface area contributed by atoms with Gasteiger partial charge in [-0.1, -0.05) is 30.3 Å². The molecule has 1 amide bonds. The maximum atomic E-state index is 12.6. The smallest absolute Gasteiger partial charge is 0.222 e. The number of carbonyl (C=O) groups is 1. The molecule has 1 aromatic carbocycles. The van der Waals surface area contributed by atoms with Crippen molar-refractivity contribution in [3.63, 3.8) is 0 Å². The molecule has 0 spiro atoms. The topological polar surface area (TPSA) is 32.8 Å². The quantitative estimate of drug-likeness (QED) is 0.804. The molecule has 1 aliphatic carbocycles. The second-order valence-corrected chi connectivity index (χ2v) is 7.11. The van der Waals surface area contributed by atoms with Gasteiger partial charge in [0.1, 0.15) is 0 Å². The molecule has 4 nitrogen and oxygen atoms in total. The van der Waals surface area contributed by atoms with Gasteiger partial charge in [-0.15, -0.1) is 0 Å². The van der Waals surface area contributed by atoms with E-state index in [1.165, 1.54) is 5.56 Å². The monoisotopic (exact) mass is 330 g/mol. The molecule has 0 radical (unpaired) electrons. The van der Waals surface area contributed by atoms with Gasteiger partial charge in [0.15, 0.2) is 0 Å². The number of rotatable bonds is 6. The van der Waals surface area contributed by atoms with Gasteiger partial charge in [0, 0.05) is 45.8 Å². The second kappa shape index (κ2) is 8.63. The Kier molecular flexibility index (Phi) is 6.27. The van der Waals surface area contributed by atoms with Crippen LogP contribution in [0.5, 0.6) is 0 Å². The van der Waals surface area contributed by atoms with Crippen molar-refractivity contribution in [2.75, 3.05) is 32.8 Å². The Morgan fingerprint density at radius 1 is 1.12 bits per heavy atom. The Morgan fingerprint density at radius 2 is 1.92 bits per heavy atom. The molecule has 3 rings (SSSR count). The third-order valence-electron chi connectivity index (χ3n) is 5.25. The van der Waals surface area contributed by atoms with E-state index >= 15 is 0 Å². The minimum absolute atomic E-state index is 0.344. The highest BCUT2D eigenvalue weighted by molar-refractivity contribution is 5.76. The Morgan fingerprint density at radius 3 is 2.67 bits per heavy atom. The summed E-state index contributed by atoms with van der Waals surface area (Å²) in [6.07, 6.45) is 4.31. The first-order valence-corrected chi connectivity index (χ1v) is 9.40. The third kappa shape index (κ3) is 4.81. The van der Waals surface area contributed by atoms with Crippen LogP contribution < -0.4 is 0 Å². The first-order chi connectivity index (χ1) is 11.7. The SMILES string of the molecule is CCOC1CC(CC(=O)N2CCCN(Cc3ccccc3)CC2)C1. The highest BCUT2D eigenvalue weighted by Gasteiger charge is 2.32. The molecule has 0 unspecified atom stereocenters. The molecule has 0 N–H and O–H groups in total. The minimum Gasteiger partial charge on any atom is -0.378 e. The highest BCUT2D eigenvalue weighted by atomic mass is 16.5. The summed E-state index contributed by atoms with van der Waals surface area (Å²) in [5.41, 5.74) is 1.36. The Bertz CT molecular complexity index is 514. The lowest BCUT2D eigenvalue weighted by atomic mass is 9.79. The highest BCUT2D eigenvalue weighted by Crippen LogP contribution is 2.33. The maximum Gasteiger partial charge on any atom is 0.222 e. The zero-order valence-electron chi connectivity index (χ0n) is 14.8. The Labute approximate surface area is 145 Å². The zero-order valence-corrected chi connectivity index (χ0v) is 14.8. The third-order valence-corrected chi connectivity index (χ3v) is 5.25. The summed E-state index contributed by atoms with van der Waals surface area (Å²) in [4.78, 5) is 17.1. The van der Waals surface area contributed by atoms with Gasteiger partial charge in [-0.05, 0) is 37.7 Å². The van der Waals surface area contributed by atoms with Crippen LogP contribution in [0.3, 0.4) is 0 Å². The molecule has 0 atom stereocenters. The van der Waals surface area contributed by atoms with E-state index in [1.54, 1.807) is 0 Å². The molecule has 1 saturated heterocycles. The van der Waals surface area contributed by atoms with Crippen molar-refractivity contribution in [2.45, 2.75) is 45.3 Å². The Balaban J connectivity index is 1.41. The Hall–Kier alpha value is -1.39. The van der Waals surface area contributed by atoms with Gasteiger partial charge in [0.2, 0.25) is 5.91 Å². The van der Waals surface area contributed by atoms with Crippen LogP contribution in [-0.4, -0.2) is 54.6 Å². The number of nitrogens with zero attached hydrogens (tertiary/aromatic N) is 2. The molecule has 1 aliphatic heterocycles. The molecule has 1 heterocycles. The lowest BCUT2D eigenvalue weighted by molar-refractivity contribution is -0.134. The van der Waals surface area contributed by atoms with E-state index < -0.39 is 0 Å².